The minimum atomic E-state index is -0.124. The van der Waals surface area contributed by atoms with Gasteiger partial charge in [0.05, 0.1) is 12.6 Å². The molecule has 0 bridgehead atoms. The van der Waals surface area contributed by atoms with Crippen molar-refractivity contribution in [3.05, 3.63) is 35.4 Å². The Labute approximate surface area is 108 Å². The Hall–Kier alpha value is -1.55. The SMILES string of the molecule is COCCNC(=O)N[C@@H]1c2ccccc2C[C@H]1C. The minimum absolute atomic E-state index is 0.115. The summed E-state index contributed by atoms with van der Waals surface area (Å²) in [6.45, 7) is 3.23. The molecule has 0 unspecified atom stereocenters. The first-order valence-electron chi connectivity index (χ1n) is 6.33. The number of hydrogen-bond donors (Lipinski definition) is 2. The number of benzene rings is 1. The van der Waals surface area contributed by atoms with E-state index in [2.05, 4.69) is 29.7 Å². The van der Waals surface area contributed by atoms with Crippen molar-refractivity contribution in [3.63, 3.8) is 0 Å². The Balaban J connectivity index is 1.95. The van der Waals surface area contributed by atoms with E-state index in [-0.39, 0.29) is 12.1 Å². The van der Waals surface area contributed by atoms with Crippen LogP contribution in [-0.2, 0) is 11.2 Å². The highest BCUT2D eigenvalue weighted by atomic mass is 16.5. The molecule has 0 saturated heterocycles. The van der Waals surface area contributed by atoms with E-state index in [9.17, 15) is 4.79 Å². The Morgan fingerprint density at radius 3 is 3.00 bits per heavy atom. The fourth-order valence-electron chi connectivity index (χ4n) is 2.47. The van der Waals surface area contributed by atoms with Crippen LogP contribution in [0.4, 0.5) is 4.79 Å². The molecule has 0 heterocycles. The van der Waals surface area contributed by atoms with Crippen LogP contribution < -0.4 is 10.6 Å². The number of fused-ring (bicyclic) bond motifs is 1. The van der Waals surface area contributed by atoms with Crippen molar-refractivity contribution < 1.29 is 9.53 Å². The van der Waals surface area contributed by atoms with Crippen molar-refractivity contribution in [2.75, 3.05) is 20.3 Å². The highest BCUT2D eigenvalue weighted by molar-refractivity contribution is 5.74. The average molecular weight is 248 g/mol. The van der Waals surface area contributed by atoms with Crippen LogP contribution in [0.5, 0.6) is 0 Å². The van der Waals surface area contributed by atoms with E-state index < -0.39 is 0 Å². The van der Waals surface area contributed by atoms with Gasteiger partial charge in [0.25, 0.3) is 0 Å². The molecule has 2 rings (SSSR count). The van der Waals surface area contributed by atoms with Gasteiger partial charge in [-0.3, -0.25) is 0 Å². The lowest BCUT2D eigenvalue weighted by molar-refractivity contribution is 0.194. The molecule has 18 heavy (non-hydrogen) atoms. The zero-order chi connectivity index (χ0) is 13.0. The molecule has 0 fully saturated rings. The second-order valence-electron chi connectivity index (χ2n) is 4.75. The number of methoxy groups -OCH3 is 1. The molecule has 0 aliphatic heterocycles. The van der Waals surface area contributed by atoms with Crippen molar-refractivity contribution in [2.24, 2.45) is 5.92 Å². The first kappa shape index (κ1) is 12.9. The molecule has 1 aliphatic carbocycles. The molecule has 0 radical (unpaired) electrons. The van der Waals surface area contributed by atoms with Crippen molar-refractivity contribution in [2.45, 2.75) is 19.4 Å². The van der Waals surface area contributed by atoms with Crippen LogP contribution in [0.25, 0.3) is 0 Å². The van der Waals surface area contributed by atoms with Crippen LogP contribution in [0, 0.1) is 5.92 Å². The van der Waals surface area contributed by atoms with Crippen LogP contribution in [0.15, 0.2) is 24.3 Å². The van der Waals surface area contributed by atoms with E-state index in [1.807, 2.05) is 12.1 Å². The third-order valence-corrected chi connectivity index (χ3v) is 3.38. The van der Waals surface area contributed by atoms with E-state index >= 15 is 0 Å². The standard InChI is InChI=1S/C14H20N2O2/c1-10-9-11-5-3-4-6-12(11)13(10)16-14(17)15-7-8-18-2/h3-6,10,13H,7-9H2,1-2H3,(H2,15,16,17)/t10-,13+/m1/s1. The number of carbonyl (C=O) groups excluding carboxylic acids is 1. The van der Waals surface area contributed by atoms with Gasteiger partial charge in [0.1, 0.15) is 0 Å². The summed E-state index contributed by atoms with van der Waals surface area (Å²) in [5, 5.41) is 5.82. The molecule has 1 aromatic rings. The number of carbonyl (C=O) groups is 1. The number of hydrogen-bond acceptors (Lipinski definition) is 2. The molecule has 1 aliphatic rings. The van der Waals surface area contributed by atoms with Gasteiger partial charge in [-0.2, -0.15) is 0 Å². The summed E-state index contributed by atoms with van der Waals surface area (Å²) in [7, 11) is 1.62. The van der Waals surface area contributed by atoms with Gasteiger partial charge in [-0.05, 0) is 23.5 Å². The highest BCUT2D eigenvalue weighted by Gasteiger charge is 2.29. The van der Waals surface area contributed by atoms with Crippen molar-refractivity contribution in [1.29, 1.82) is 0 Å². The molecule has 0 spiro atoms. The third-order valence-electron chi connectivity index (χ3n) is 3.38. The van der Waals surface area contributed by atoms with E-state index in [1.165, 1.54) is 11.1 Å². The summed E-state index contributed by atoms with van der Waals surface area (Å²) in [4.78, 5) is 11.8. The second-order valence-corrected chi connectivity index (χ2v) is 4.75. The smallest absolute Gasteiger partial charge is 0.315 e. The predicted octanol–water partition coefficient (Wildman–Crippen LogP) is 1.87. The van der Waals surface area contributed by atoms with Gasteiger partial charge in [-0.25, -0.2) is 4.79 Å². The van der Waals surface area contributed by atoms with Crippen molar-refractivity contribution in [1.82, 2.24) is 10.6 Å². The topological polar surface area (TPSA) is 50.4 Å². The molecule has 4 nitrogen and oxygen atoms in total. The lowest BCUT2D eigenvalue weighted by Crippen LogP contribution is -2.40. The maximum absolute atomic E-state index is 11.8. The quantitative estimate of drug-likeness (QED) is 0.799. The zero-order valence-electron chi connectivity index (χ0n) is 10.9. The lowest BCUT2D eigenvalue weighted by atomic mass is 10.0. The van der Waals surface area contributed by atoms with Gasteiger partial charge in [0, 0.05) is 13.7 Å². The summed E-state index contributed by atoms with van der Waals surface area (Å²) in [6.07, 6.45) is 1.03. The summed E-state index contributed by atoms with van der Waals surface area (Å²) in [5.74, 6) is 0.440. The Morgan fingerprint density at radius 2 is 2.22 bits per heavy atom. The highest BCUT2D eigenvalue weighted by Crippen LogP contribution is 2.35. The Morgan fingerprint density at radius 1 is 1.44 bits per heavy atom. The van der Waals surface area contributed by atoms with Crippen molar-refractivity contribution in [3.8, 4) is 0 Å². The molecule has 2 atom stereocenters. The largest absolute Gasteiger partial charge is 0.383 e. The number of amides is 2. The molecule has 4 heteroatoms. The Kier molecular flexibility index (Phi) is 4.20. The fourth-order valence-corrected chi connectivity index (χ4v) is 2.47. The second kappa shape index (κ2) is 5.87. The molecule has 0 aromatic heterocycles. The maximum atomic E-state index is 11.8. The fraction of sp³-hybridized carbons (Fsp3) is 0.500. The molecular formula is C14H20N2O2. The Bertz CT molecular complexity index is 420. The van der Waals surface area contributed by atoms with Crippen LogP contribution in [0.3, 0.4) is 0 Å². The minimum Gasteiger partial charge on any atom is -0.383 e. The molecular weight excluding hydrogens is 228 g/mol. The zero-order valence-corrected chi connectivity index (χ0v) is 10.9. The van der Waals surface area contributed by atoms with Crippen LogP contribution >= 0.6 is 0 Å². The molecule has 2 N–H and O–H groups in total. The summed E-state index contributed by atoms with van der Waals surface area (Å²) >= 11 is 0. The number of urea groups is 1. The van der Waals surface area contributed by atoms with E-state index in [4.69, 9.17) is 4.74 Å². The number of nitrogens with one attached hydrogen (secondary N) is 2. The molecule has 98 valence electrons. The predicted molar refractivity (Wildman–Crippen MR) is 70.5 cm³/mol. The van der Waals surface area contributed by atoms with Gasteiger partial charge >= 0.3 is 6.03 Å². The van der Waals surface area contributed by atoms with Gasteiger partial charge in [0.15, 0.2) is 0 Å². The monoisotopic (exact) mass is 248 g/mol. The van der Waals surface area contributed by atoms with E-state index in [0.717, 1.165) is 6.42 Å². The van der Waals surface area contributed by atoms with Crippen LogP contribution in [-0.4, -0.2) is 26.3 Å². The van der Waals surface area contributed by atoms with Gasteiger partial charge in [0.2, 0.25) is 0 Å². The van der Waals surface area contributed by atoms with Gasteiger partial charge in [-0.1, -0.05) is 31.2 Å². The first-order valence-corrected chi connectivity index (χ1v) is 6.33. The summed E-state index contributed by atoms with van der Waals surface area (Å²) in [6, 6.07) is 8.29. The number of ether oxygens (including phenoxy) is 1. The maximum Gasteiger partial charge on any atom is 0.315 e. The van der Waals surface area contributed by atoms with Crippen LogP contribution in [0.1, 0.15) is 24.1 Å². The van der Waals surface area contributed by atoms with Crippen molar-refractivity contribution >= 4 is 6.03 Å². The third kappa shape index (κ3) is 2.82. The molecule has 0 saturated carbocycles. The van der Waals surface area contributed by atoms with E-state index in [0.29, 0.717) is 19.1 Å². The van der Waals surface area contributed by atoms with Crippen LogP contribution in [0.2, 0.25) is 0 Å². The van der Waals surface area contributed by atoms with Gasteiger partial charge < -0.3 is 15.4 Å². The molecule has 1 aromatic carbocycles. The van der Waals surface area contributed by atoms with Gasteiger partial charge in [-0.15, -0.1) is 0 Å². The normalized spacial score (nSPS) is 21.4. The number of rotatable bonds is 4. The average Bonchev–Trinajstić information content (AvgIpc) is 2.67. The summed E-state index contributed by atoms with van der Waals surface area (Å²) in [5.41, 5.74) is 2.58. The first-order chi connectivity index (χ1) is 8.72. The summed E-state index contributed by atoms with van der Waals surface area (Å²) < 4.78 is 4.90. The van der Waals surface area contributed by atoms with E-state index in [1.54, 1.807) is 7.11 Å². The lowest BCUT2D eigenvalue weighted by Gasteiger charge is -2.19. The molecule has 2 amide bonds.